The molecule has 2 N–H and O–H groups in total. The number of aromatic nitrogens is 1. The number of alkyl halides is 6. The highest BCUT2D eigenvalue weighted by atomic mass is 19.4. The van der Waals surface area contributed by atoms with Crippen LogP contribution in [-0.2, 0) is 12.7 Å². The summed E-state index contributed by atoms with van der Waals surface area (Å²) in [4.78, 5) is 2.76. The maximum Gasteiger partial charge on any atom is 0.574 e. The van der Waals surface area contributed by atoms with Gasteiger partial charge in [0.15, 0.2) is 11.4 Å². The van der Waals surface area contributed by atoms with Gasteiger partial charge >= 0.3 is 12.5 Å². The van der Waals surface area contributed by atoms with Crippen molar-refractivity contribution in [3.8, 4) is 11.6 Å². The lowest BCUT2D eigenvalue weighted by Gasteiger charge is -2.16. The fraction of sp³-hybridized carbons (Fsp3) is 0.444. The highest BCUT2D eigenvalue weighted by molar-refractivity contribution is 5.42. The van der Waals surface area contributed by atoms with Gasteiger partial charge in [-0.3, -0.25) is 0 Å². The molecule has 0 saturated heterocycles. The van der Waals surface area contributed by atoms with Crippen LogP contribution in [0.25, 0.3) is 0 Å². The quantitative estimate of drug-likeness (QED) is 0.869. The van der Waals surface area contributed by atoms with E-state index in [-0.39, 0.29) is 5.56 Å². The number of ether oxygens (including phenoxy) is 2. The predicted octanol–water partition coefficient (Wildman–Crippen LogP) is 2.47. The Morgan fingerprint density at radius 2 is 1.79 bits per heavy atom. The van der Waals surface area contributed by atoms with E-state index in [2.05, 4.69) is 14.5 Å². The standard InChI is InChI=1S/C9H8F6N2O2/c1-18-6-4(3-16)2-5(19-9(13,14)15)17-7(6)8(10,11)12/h2H,3,16H2,1H3. The molecule has 108 valence electrons. The summed E-state index contributed by atoms with van der Waals surface area (Å²) in [5, 5.41) is 0. The third-order valence-corrected chi connectivity index (χ3v) is 1.94. The van der Waals surface area contributed by atoms with Gasteiger partial charge in [-0.15, -0.1) is 13.2 Å². The number of halogens is 6. The zero-order valence-corrected chi connectivity index (χ0v) is 9.39. The van der Waals surface area contributed by atoms with Crippen molar-refractivity contribution in [1.29, 1.82) is 0 Å². The third-order valence-electron chi connectivity index (χ3n) is 1.94. The van der Waals surface area contributed by atoms with E-state index in [4.69, 9.17) is 5.73 Å². The number of hydrogen-bond donors (Lipinski definition) is 1. The first-order valence-electron chi connectivity index (χ1n) is 4.69. The van der Waals surface area contributed by atoms with E-state index in [0.29, 0.717) is 6.07 Å². The molecule has 0 aliphatic rings. The van der Waals surface area contributed by atoms with Crippen LogP contribution in [0.4, 0.5) is 26.3 Å². The highest BCUT2D eigenvalue weighted by Crippen LogP contribution is 2.39. The maximum absolute atomic E-state index is 12.6. The molecular weight excluding hydrogens is 282 g/mol. The van der Waals surface area contributed by atoms with Gasteiger partial charge in [0.1, 0.15) is 0 Å². The number of pyridine rings is 1. The van der Waals surface area contributed by atoms with Crippen molar-refractivity contribution in [3.63, 3.8) is 0 Å². The molecule has 0 saturated carbocycles. The lowest BCUT2D eigenvalue weighted by atomic mass is 10.2. The summed E-state index contributed by atoms with van der Waals surface area (Å²) in [5.41, 5.74) is 3.23. The fourth-order valence-corrected chi connectivity index (χ4v) is 1.30. The number of nitrogens with zero attached hydrogens (tertiary/aromatic N) is 1. The Balaban J connectivity index is 3.39. The fourth-order valence-electron chi connectivity index (χ4n) is 1.30. The number of methoxy groups -OCH3 is 1. The monoisotopic (exact) mass is 290 g/mol. The van der Waals surface area contributed by atoms with Gasteiger partial charge in [-0.25, -0.2) is 4.98 Å². The molecule has 0 atom stereocenters. The average molecular weight is 290 g/mol. The van der Waals surface area contributed by atoms with Crippen LogP contribution in [0.5, 0.6) is 11.6 Å². The van der Waals surface area contributed by atoms with Gasteiger partial charge in [-0.2, -0.15) is 13.2 Å². The lowest BCUT2D eigenvalue weighted by Crippen LogP contribution is -2.20. The molecule has 0 aliphatic carbocycles. The van der Waals surface area contributed by atoms with Crippen molar-refractivity contribution in [2.75, 3.05) is 7.11 Å². The SMILES string of the molecule is COc1c(CN)cc(OC(F)(F)F)nc1C(F)(F)F. The second-order valence-electron chi connectivity index (χ2n) is 3.25. The van der Waals surface area contributed by atoms with Gasteiger partial charge in [0.05, 0.1) is 7.11 Å². The Bertz CT molecular complexity index is 457. The van der Waals surface area contributed by atoms with Gasteiger partial charge in [0, 0.05) is 18.2 Å². The highest BCUT2D eigenvalue weighted by Gasteiger charge is 2.40. The summed E-state index contributed by atoms with van der Waals surface area (Å²) >= 11 is 0. The van der Waals surface area contributed by atoms with Crippen molar-refractivity contribution >= 4 is 0 Å². The van der Waals surface area contributed by atoms with Crippen LogP contribution < -0.4 is 15.2 Å². The Morgan fingerprint density at radius 3 is 2.16 bits per heavy atom. The smallest absolute Gasteiger partial charge is 0.494 e. The van der Waals surface area contributed by atoms with Crippen LogP contribution in [0.1, 0.15) is 11.3 Å². The minimum absolute atomic E-state index is 0.302. The molecule has 19 heavy (non-hydrogen) atoms. The summed E-state index contributed by atoms with van der Waals surface area (Å²) in [6.45, 7) is -0.469. The molecule has 1 heterocycles. The van der Waals surface area contributed by atoms with Gasteiger partial charge < -0.3 is 15.2 Å². The Kier molecular flexibility index (Phi) is 4.13. The Hall–Kier alpha value is -1.71. The van der Waals surface area contributed by atoms with Crippen LogP contribution in [-0.4, -0.2) is 18.5 Å². The normalized spacial score (nSPS) is 12.4. The molecule has 1 rings (SSSR count). The second kappa shape index (κ2) is 5.11. The Labute approximate surface area is 103 Å². The Morgan fingerprint density at radius 1 is 1.21 bits per heavy atom. The molecule has 0 radical (unpaired) electrons. The molecule has 1 aromatic heterocycles. The van der Waals surface area contributed by atoms with Crippen LogP contribution in [0.2, 0.25) is 0 Å². The summed E-state index contributed by atoms with van der Waals surface area (Å²) < 4.78 is 81.7. The minimum atomic E-state index is -5.16. The summed E-state index contributed by atoms with van der Waals surface area (Å²) in [5.74, 6) is -1.98. The van der Waals surface area contributed by atoms with Crippen LogP contribution in [0.3, 0.4) is 0 Å². The van der Waals surface area contributed by atoms with E-state index >= 15 is 0 Å². The van der Waals surface area contributed by atoms with E-state index in [0.717, 1.165) is 7.11 Å². The van der Waals surface area contributed by atoms with E-state index in [1.807, 2.05) is 0 Å². The van der Waals surface area contributed by atoms with Crippen molar-refractivity contribution < 1.29 is 35.8 Å². The van der Waals surface area contributed by atoms with Crippen molar-refractivity contribution in [1.82, 2.24) is 4.98 Å². The molecule has 0 amide bonds. The van der Waals surface area contributed by atoms with Crippen molar-refractivity contribution in [2.45, 2.75) is 19.1 Å². The zero-order chi connectivity index (χ0) is 14.8. The lowest BCUT2D eigenvalue weighted by molar-refractivity contribution is -0.276. The minimum Gasteiger partial charge on any atom is -0.494 e. The summed E-state index contributed by atoms with van der Waals surface area (Å²) in [6, 6.07) is 0.640. The van der Waals surface area contributed by atoms with E-state index < -0.39 is 36.4 Å². The van der Waals surface area contributed by atoms with Gasteiger partial charge in [0.25, 0.3) is 0 Å². The molecule has 1 aromatic rings. The first kappa shape index (κ1) is 15.3. The number of nitrogens with two attached hydrogens (primary N) is 1. The second-order valence-corrected chi connectivity index (χ2v) is 3.25. The van der Waals surface area contributed by atoms with E-state index in [1.165, 1.54) is 0 Å². The molecule has 0 bridgehead atoms. The molecule has 4 nitrogen and oxygen atoms in total. The van der Waals surface area contributed by atoms with Crippen LogP contribution in [0, 0.1) is 0 Å². The molecule has 0 aliphatic heterocycles. The van der Waals surface area contributed by atoms with Gasteiger partial charge in [0.2, 0.25) is 5.88 Å². The molecule has 0 unspecified atom stereocenters. The maximum atomic E-state index is 12.6. The van der Waals surface area contributed by atoms with E-state index in [1.54, 1.807) is 0 Å². The zero-order valence-electron chi connectivity index (χ0n) is 9.39. The number of rotatable bonds is 3. The van der Waals surface area contributed by atoms with E-state index in [9.17, 15) is 26.3 Å². The first-order valence-corrected chi connectivity index (χ1v) is 4.69. The topological polar surface area (TPSA) is 57.4 Å². The van der Waals surface area contributed by atoms with Crippen LogP contribution >= 0.6 is 0 Å². The van der Waals surface area contributed by atoms with Crippen molar-refractivity contribution in [3.05, 3.63) is 17.3 Å². The molecule has 0 aromatic carbocycles. The summed E-state index contributed by atoms with van der Waals surface area (Å²) in [6.07, 6.45) is -10.2. The third kappa shape index (κ3) is 3.88. The van der Waals surface area contributed by atoms with Gasteiger partial charge in [-0.05, 0) is 0 Å². The molecule has 10 heteroatoms. The summed E-state index contributed by atoms with van der Waals surface area (Å²) in [7, 11) is 0.926. The molecule has 0 fully saturated rings. The first-order chi connectivity index (χ1) is 8.58. The largest absolute Gasteiger partial charge is 0.574 e. The molecular formula is C9H8F6N2O2. The van der Waals surface area contributed by atoms with Crippen LogP contribution in [0.15, 0.2) is 6.07 Å². The number of hydrogen-bond acceptors (Lipinski definition) is 4. The van der Waals surface area contributed by atoms with Gasteiger partial charge in [-0.1, -0.05) is 0 Å². The molecule has 0 spiro atoms. The average Bonchev–Trinajstić information content (AvgIpc) is 2.24. The predicted molar refractivity (Wildman–Crippen MR) is 50.4 cm³/mol. The van der Waals surface area contributed by atoms with Crippen molar-refractivity contribution in [2.24, 2.45) is 5.73 Å².